The summed E-state index contributed by atoms with van der Waals surface area (Å²) >= 11 is 1.55. The van der Waals surface area contributed by atoms with Gasteiger partial charge in [0.05, 0.1) is 0 Å². The first-order valence-corrected chi connectivity index (χ1v) is 10.7. The number of nitrogens with zero attached hydrogens (tertiary/aromatic N) is 2. The lowest BCUT2D eigenvalue weighted by atomic mass is 10.0. The number of rotatable bonds is 5. The second kappa shape index (κ2) is 8.27. The fourth-order valence-electron chi connectivity index (χ4n) is 3.65. The van der Waals surface area contributed by atoms with Crippen molar-refractivity contribution in [2.75, 3.05) is 6.26 Å². The van der Waals surface area contributed by atoms with Gasteiger partial charge in [0.25, 0.3) is 11.8 Å². The van der Waals surface area contributed by atoms with E-state index in [1.165, 1.54) is 4.90 Å². The zero-order chi connectivity index (χ0) is 21.3. The van der Waals surface area contributed by atoms with E-state index in [9.17, 15) is 19.2 Å². The van der Waals surface area contributed by atoms with Crippen LogP contribution in [0, 0.1) is 0 Å². The number of piperidine rings is 1. The highest BCUT2D eigenvalue weighted by atomic mass is 32.2. The summed E-state index contributed by atoms with van der Waals surface area (Å²) < 4.78 is 0. The summed E-state index contributed by atoms with van der Waals surface area (Å²) in [6.45, 7) is 0.602. The molecule has 8 nitrogen and oxygen atoms in total. The standard InChI is InChI=1S/C21H20N4O4S/c1-30-14-3-5-16(22-10-14)19(27)23-9-12-2-4-15-13(8-12)11-25(21(15)29)17-6-7-18(26)24-20(17)28/h2-5,8,10,17H,6-7,9,11H2,1H3,(H,23,27)(H,24,26,28). The molecule has 1 aromatic carbocycles. The molecule has 9 heteroatoms. The number of carbonyl (C=O) groups excluding carboxylic acids is 4. The van der Waals surface area contributed by atoms with Crippen LogP contribution in [-0.4, -0.2) is 45.8 Å². The van der Waals surface area contributed by atoms with E-state index in [-0.39, 0.29) is 24.1 Å². The molecule has 30 heavy (non-hydrogen) atoms. The lowest BCUT2D eigenvalue weighted by Gasteiger charge is -2.29. The molecule has 154 valence electrons. The number of imide groups is 1. The van der Waals surface area contributed by atoms with Gasteiger partial charge in [0.1, 0.15) is 11.7 Å². The van der Waals surface area contributed by atoms with Crippen LogP contribution in [0.4, 0.5) is 0 Å². The number of benzene rings is 1. The van der Waals surface area contributed by atoms with Gasteiger partial charge in [-0.05, 0) is 42.0 Å². The zero-order valence-electron chi connectivity index (χ0n) is 16.3. The lowest BCUT2D eigenvalue weighted by molar-refractivity contribution is -0.136. The molecule has 2 aliphatic rings. The van der Waals surface area contributed by atoms with Gasteiger partial charge in [-0.25, -0.2) is 4.98 Å². The highest BCUT2D eigenvalue weighted by molar-refractivity contribution is 7.98. The number of fused-ring (bicyclic) bond motifs is 1. The minimum atomic E-state index is -0.638. The Labute approximate surface area is 177 Å². The molecule has 1 saturated heterocycles. The number of carbonyl (C=O) groups is 4. The molecule has 2 aromatic rings. The van der Waals surface area contributed by atoms with E-state index in [0.717, 1.165) is 16.0 Å². The van der Waals surface area contributed by atoms with E-state index >= 15 is 0 Å². The van der Waals surface area contributed by atoms with Gasteiger partial charge in [0.2, 0.25) is 11.8 Å². The zero-order valence-corrected chi connectivity index (χ0v) is 17.1. The molecule has 0 bridgehead atoms. The molecule has 4 amide bonds. The minimum Gasteiger partial charge on any atom is -0.347 e. The third kappa shape index (κ3) is 3.93. The Morgan fingerprint density at radius 1 is 1.27 bits per heavy atom. The maximum Gasteiger partial charge on any atom is 0.270 e. The van der Waals surface area contributed by atoms with E-state index in [0.29, 0.717) is 30.8 Å². The smallest absolute Gasteiger partial charge is 0.270 e. The normalized spacial score (nSPS) is 18.2. The molecule has 1 fully saturated rings. The predicted octanol–water partition coefficient (Wildman–Crippen LogP) is 1.49. The van der Waals surface area contributed by atoms with Crippen molar-refractivity contribution in [3.05, 3.63) is 58.9 Å². The molecule has 0 spiro atoms. The number of aromatic nitrogens is 1. The first-order chi connectivity index (χ1) is 14.5. The van der Waals surface area contributed by atoms with E-state index in [1.807, 2.05) is 18.4 Å². The van der Waals surface area contributed by atoms with Crippen LogP contribution >= 0.6 is 11.8 Å². The number of hydrogen-bond acceptors (Lipinski definition) is 6. The fourth-order valence-corrected chi connectivity index (χ4v) is 4.01. The van der Waals surface area contributed by atoms with Crippen molar-refractivity contribution in [3.63, 3.8) is 0 Å². The van der Waals surface area contributed by atoms with E-state index in [2.05, 4.69) is 15.6 Å². The monoisotopic (exact) mass is 424 g/mol. The number of hydrogen-bond donors (Lipinski definition) is 2. The average Bonchev–Trinajstić information content (AvgIpc) is 3.07. The Hall–Kier alpha value is -3.20. The summed E-state index contributed by atoms with van der Waals surface area (Å²) in [5, 5.41) is 5.13. The van der Waals surface area contributed by atoms with Crippen LogP contribution in [0.25, 0.3) is 0 Å². The third-order valence-electron chi connectivity index (χ3n) is 5.25. The van der Waals surface area contributed by atoms with Gasteiger partial charge in [0, 0.05) is 36.2 Å². The first-order valence-electron chi connectivity index (χ1n) is 9.51. The third-order valence-corrected chi connectivity index (χ3v) is 5.96. The van der Waals surface area contributed by atoms with Crippen LogP contribution in [0.1, 0.15) is 44.8 Å². The molecule has 0 aliphatic carbocycles. The van der Waals surface area contributed by atoms with Gasteiger partial charge >= 0.3 is 0 Å². The first kappa shape index (κ1) is 20.1. The average molecular weight is 424 g/mol. The number of nitrogens with one attached hydrogen (secondary N) is 2. The maximum atomic E-state index is 12.7. The van der Waals surface area contributed by atoms with Crippen LogP contribution in [0.15, 0.2) is 41.4 Å². The van der Waals surface area contributed by atoms with Gasteiger partial charge in [-0.2, -0.15) is 0 Å². The van der Waals surface area contributed by atoms with E-state index in [1.54, 1.807) is 36.2 Å². The molecular formula is C21H20N4O4S. The molecule has 0 radical (unpaired) electrons. The quantitative estimate of drug-likeness (QED) is 0.556. The Kier molecular flexibility index (Phi) is 5.54. The predicted molar refractivity (Wildman–Crippen MR) is 110 cm³/mol. The van der Waals surface area contributed by atoms with Crippen LogP contribution in [0.3, 0.4) is 0 Å². The maximum absolute atomic E-state index is 12.7. The molecule has 1 unspecified atom stereocenters. The topological polar surface area (TPSA) is 108 Å². The summed E-state index contributed by atoms with van der Waals surface area (Å²) in [7, 11) is 0. The summed E-state index contributed by atoms with van der Waals surface area (Å²) in [5.41, 5.74) is 2.54. The second-order valence-corrected chi connectivity index (χ2v) is 8.04. The SMILES string of the molecule is CSc1ccc(C(=O)NCc2ccc3c(c2)CN(C2CCC(=O)NC2=O)C3=O)nc1. The summed E-state index contributed by atoms with van der Waals surface area (Å²) in [6, 6.07) is 8.26. The number of amides is 4. The summed E-state index contributed by atoms with van der Waals surface area (Å²) in [5.74, 6) is -1.23. The highest BCUT2D eigenvalue weighted by Crippen LogP contribution is 2.28. The van der Waals surface area contributed by atoms with Gasteiger partial charge in [0.15, 0.2) is 0 Å². The Morgan fingerprint density at radius 2 is 2.10 bits per heavy atom. The molecule has 0 saturated carbocycles. The van der Waals surface area contributed by atoms with Crippen molar-refractivity contribution in [1.29, 1.82) is 0 Å². The van der Waals surface area contributed by atoms with Gasteiger partial charge in [-0.3, -0.25) is 24.5 Å². The summed E-state index contributed by atoms with van der Waals surface area (Å²) in [6.07, 6.45) is 4.15. The van der Waals surface area contributed by atoms with Crippen LogP contribution in [-0.2, 0) is 22.7 Å². The van der Waals surface area contributed by atoms with Crippen LogP contribution in [0.5, 0.6) is 0 Å². The minimum absolute atomic E-state index is 0.215. The Bertz CT molecular complexity index is 1040. The molecule has 2 aliphatic heterocycles. The van der Waals surface area contributed by atoms with Crippen LogP contribution < -0.4 is 10.6 Å². The number of thioether (sulfide) groups is 1. The fraction of sp³-hybridized carbons (Fsp3) is 0.286. The van der Waals surface area contributed by atoms with Gasteiger partial charge < -0.3 is 10.2 Å². The molecule has 3 heterocycles. The molecule has 2 N–H and O–H groups in total. The Balaban J connectivity index is 1.42. The van der Waals surface area contributed by atoms with Gasteiger partial charge in [-0.15, -0.1) is 11.8 Å². The molecular weight excluding hydrogens is 404 g/mol. The van der Waals surface area contributed by atoms with Gasteiger partial charge in [-0.1, -0.05) is 12.1 Å². The van der Waals surface area contributed by atoms with Crippen molar-refractivity contribution in [2.45, 2.75) is 36.9 Å². The van der Waals surface area contributed by atoms with Crippen molar-refractivity contribution in [1.82, 2.24) is 20.5 Å². The van der Waals surface area contributed by atoms with Crippen LogP contribution in [0.2, 0.25) is 0 Å². The Morgan fingerprint density at radius 3 is 2.80 bits per heavy atom. The lowest BCUT2D eigenvalue weighted by Crippen LogP contribution is -2.52. The molecule has 1 aromatic heterocycles. The van der Waals surface area contributed by atoms with Crippen molar-refractivity contribution < 1.29 is 19.2 Å². The second-order valence-electron chi connectivity index (χ2n) is 7.16. The molecule has 1 atom stereocenters. The van der Waals surface area contributed by atoms with Crippen molar-refractivity contribution in [2.24, 2.45) is 0 Å². The van der Waals surface area contributed by atoms with E-state index < -0.39 is 11.9 Å². The van der Waals surface area contributed by atoms with E-state index in [4.69, 9.17) is 0 Å². The van der Waals surface area contributed by atoms with Crippen molar-refractivity contribution in [3.8, 4) is 0 Å². The van der Waals surface area contributed by atoms with Crippen molar-refractivity contribution >= 4 is 35.4 Å². The number of pyridine rings is 1. The highest BCUT2D eigenvalue weighted by Gasteiger charge is 2.39. The summed E-state index contributed by atoms with van der Waals surface area (Å²) in [4.78, 5) is 55.2. The molecule has 4 rings (SSSR count). The largest absolute Gasteiger partial charge is 0.347 e.